The Labute approximate surface area is 134 Å². The second kappa shape index (κ2) is 18.8. The molecular weight excluding hydrogens is 290 g/mol. The Balaban J connectivity index is 2.97. The number of hydrogen-bond donors (Lipinski definition) is 1. The Morgan fingerprint density at radius 3 is 1.36 bits per heavy atom. The molecule has 0 atom stereocenters. The Morgan fingerprint density at radius 1 is 0.636 bits per heavy atom. The van der Waals surface area contributed by atoms with E-state index in [1.165, 1.54) is 0 Å². The lowest BCUT2D eigenvalue weighted by Crippen LogP contribution is -2.23. The monoisotopic (exact) mass is 323 g/mol. The van der Waals surface area contributed by atoms with Gasteiger partial charge in [0.15, 0.2) is 0 Å². The highest BCUT2D eigenvalue weighted by Crippen LogP contribution is 1.85. The Morgan fingerprint density at radius 2 is 1.00 bits per heavy atom. The highest BCUT2D eigenvalue weighted by molar-refractivity contribution is 4.45. The molecule has 0 aromatic heterocycles. The van der Waals surface area contributed by atoms with Gasteiger partial charge in [-0.25, -0.2) is 0 Å². The first-order valence-corrected chi connectivity index (χ1v) is 7.99. The standard InChI is InChI=1S/C15H33NO6/c1-3-16(2)4-6-18-8-10-20-12-14-22-15-13-21-11-9-19-7-5-17/h17H,3-15H2,1-2H3. The van der Waals surface area contributed by atoms with Crippen molar-refractivity contribution >= 4 is 0 Å². The minimum absolute atomic E-state index is 0.0456. The van der Waals surface area contributed by atoms with Crippen LogP contribution in [0.15, 0.2) is 0 Å². The molecule has 7 heteroatoms. The zero-order chi connectivity index (χ0) is 16.3. The number of aliphatic hydroxyl groups is 1. The van der Waals surface area contributed by atoms with Crippen molar-refractivity contribution in [2.45, 2.75) is 6.92 Å². The minimum Gasteiger partial charge on any atom is -0.394 e. The fourth-order valence-corrected chi connectivity index (χ4v) is 1.42. The van der Waals surface area contributed by atoms with Crippen molar-refractivity contribution in [3.63, 3.8) is 0 Å². The molecule has 0 rings (SSSR count). The average Bonchev–Trinajstić information content (AvgIpc) is 2.54. The van der Waals surface area contributed by atoms with Gasteiger partial charge in [-0.3, -0.25) is 0 Å². The van der Waals surface area contributed by atoms with Gasteiger partial charge >= 0.3 is 0 Å². The van der Waals surface area contributed by atoms with E-state index in [2.05, 4.69) is 18.9 Å². The van der Waals surface area contributed by atoms with Gasteiger partial charge in [0.05, 0.1) is 72.7 Å². The van der Waals surface area contributed by atoms with Crippen LogP contribution < -0.4 is 0 Å². The molecule has 1 N–H and O–H groups in total. The molecule has 0 unspecified atom stereocenters. The SMILES string of the molecule is CCN(C)CCOCCOCCOCCOCCOCCO. The largest absolute Gasteiger partial charge is 0.394 e. The maximum Gasteiger partial charge on any atom is 0.0701 e. The van der Waals surface area contributed by atoms with Crippen molar-refractivity contribution in [1.29, 1.82) is 0 Å². The summed E-state index contributed by atoms with van der Waals surface area (Å²) in [7, 11) is 2.07. The fourth-order valence-electron chi connectivity index (χ4n) is 1.42. The van der Waals surface area contributed by atoms with Crippen LogP contribution in [0.25, 0.3) is 0 Å². The summed E-state index contributed by atoms with van der Waals surface area (Å²) in [6, 6.07) is 0. The van der Waals surface area contributed by atoms with Crippen LogP contribution in [-0.2, 0) is 23.7 Å². The fraction of sp³-hybridized carbons (Fsp3) is 1.00. The second-order valence-corrected chi connectivity index (χ2v) is 4.68. The van der Waals surface area contributed by atoms with Crippen LogP contribution in [0.4, 0.5) is 0 Å². The number of ether oxygens (including phenoxy) is 5. The summed E-state index contributed by atoms with van der Waals surface area (Å²) in [5.74, 6) is 0. The lowest BCUT2D eigenvalue weighted by Gasteiger charge is -2.13. The van der Waals surface area contributed by atoms with Crippen molar-refractivity contribution in [2.24, 2.45) is 0 Å². The van der Waals surface area contributed by atoms with E-state index in [-0.39, 0.29) is 6.61 Å². The molecule has 0 heterocycles. The summed E-state index contributed by atoms with van der Waals surface area (Å²) in [4.78, 5) is 2.20. The second-order valence-electron chi connectivity index (χ2n) is 4.68. The van der Waals surface area contributed by atoms with Crippen molar-refractivity contribution < 1.29 is 28.8 Å². The zero-order valence-corrected chi connectivity index (χ0v) is 14.1. The van der Waals surface area contributed by atoms with Crippen molar-refractivity contribution in [1.82, 2.24) is 4.90 Å². The quantitative estimate of drug-likeness (QED) is 0.356. The van der Waals surface area contributed by atoms with E-state index in [0.29, 0.717) is 59.5 Å². The third-order valence-electron chi connectivity index (χ3n) is 2.88. The van der Waals surface area contributed by atoms with Crippen molar-refractivity contribution in [3.05, 3.63) is 0 Å². The smallest absolute Gasteiger partial charge is 0.0701 e. The molecule has 0 amide bonds. The molecule has 0 aromatic carbocycles. The van der Waals surface area contributed by atoms with Crippen molar-refractivity contribution in [2.75, 3.05) is 92.8 Å². The summed E-state index contributed by atoms with van der Waals surface area (Å²) in [5.41, 5.74) is 0. The molecule has 0 bridgehead atoms. The van der Waals surface area contributed by atoms with Crippen LogP contribution in [0.1, 0.15) is 6.92 Å². The molecule has 0 aliphatic heterocycles. The Kier molecular flexibility index (Phi) is 18.5. The van der Waals surface area contributed by atoms with Gasteiger partial charge in [0.1, 0.15) is 0 Å². The lowest BCUT2D eigenvalue weighted by molar-refractivity contribution is -0.0139. The predicted octanol–water partition coefficient (Wildman–Crippen LogP) is 0.0134. The molecular formula is C15H33NO6. The summed E-state index contributed by atoms with van der Waals surface area (Å²) in [6.07, 6.45) is 0. The van der Waals surface area contributed by atoms with Crippen molar-refractivity contribution in [3.8, 4) is 0 Å². The van der Waals surface area contributed by atoms with E-state index < -0.39 is 0 Å². The zero-order valence-electron chi connectivity index (χ0n) is 14.1. The first-order valence-electron chi connectivity index (χ1n) is 7.99. The average molecular weight is 323 g/mol. The number of aliphatic hydroxyl groups excluding tert-OH is 1. The van der Waals surface area contributed by atoms with E-state index >= 15 is 0 Å². The highest BCUT2D eigenvalue weighted by atomic mass is 16.6. The van der Waals surface area contributed by atoms with Gasteiger partial charge in [0, 0.05) is 6.54 Å². The van der Waals surface area contributed by atoms with E-state index in [1.54, 1.807) is 0 Å². The number of rotatable bonds is 18. The molecule has 7 nitrogen and oxygen atoms in total. The number of hydrogen-bond acceptors (Lipinski definition) is 7. The lowest BCUT2D eigenvalue weighted by atomic mass is 10.5. The Bertz CT molecular complexity index is 208. The summed E-state index contributed by atoms with van der Waals surface area (Å²) < 4.78 is 26.5. The molecule has 0 saturated carbocycles. The van der Waals surface area contributed by atoms with E-state index in [4.69, 9.17) is 28.8 Å². The first-order chi connectivity index (χ1) is 10.8. The molecule has 0 radical (unpaired) electrons. The van der Waals surface area contributed by atoms with E-state index in [1.807, 2.05) is 0 Å². The van der Waals surface area contributed by atoms with Crippen LogP contribution in [-0.4, -0.2) is 103 Å². The molecule has 0 spiro atoms. The van der Waals surface area contributed by atoms with Crippen LogP contribution in [0, 0.1) is 0 Å². The highest BCUT2D eigenvalue weighted by Gasteiger charge is 1.95. The topological polar surface area (TPSA) is 69.6 Å². The molecule has 0 saturated heterocycles. The normalized spacial score (nSPS) is 11.5. The maximum atomic E-state index is 8.49. The van der Waals surface area contributed by atoms with Gasteiger partial charge in [-0.05, 0) is 13.6 Å². The maximum absolute atomic E-state index is 8.49. The van der Waals surface area contributed by atoms with Gasteiger partial charge in [0.2, 0.25) is 0 Å². The molecule has 0 aliphatic rings. The van der Waals surface area contributed by atoms with Crippen LogP contribution >= 0.6 is 0 Å². The summed E-state index contributed by atoms with van der Waals surface area (Å²) in [6.45, 7) is 9.69. The first kappa shape index (κ1) is 21.7. The summed E-state index contributed by atoms with van der Waals surface area (Å²) in [5, 5.41) is 8.49. The van der Waals surface area contributed by atoms with E-state index in [9.17, 15) is 0 Å². The van der Waals surface area contributed by atoms with Gasteiger partial charge in [-0.2, -0.15) is 0 Å². The Hall–Kier alpha value is -0.280. The predicted molar refractivity (Wildman–Crippen MR) is 84.4 cm³/mol. The van der Waals surface area contributed by atoms with Crippen LogP contribution in [0.3, 0.4) is 0 Å². The molecule has 22 heavy (non-hydrogen) atoms. The molecule has 0 aliphatic carbocycles. The van der Waals surface area contributed by atoms with E-state index in [0.717, 1.165) is 19.7 Å². The van der Waals surface area contributed by atoms with Crippen LogP contribution in [0.5, 0.6) is 0 Å². The molecule has 0 fully saturated rings. The minimum atomic E-state index is 0.0456. The van der Waals surface area contributed by atoms with Crippen LogP contribution in [0.2, 0.25) is 0 Å². The van der Waals surface area contributed by atoms with Gasteiger partial charge in [0.25, 0.3) is 0 Å². The number of nitrogens with zero attached hydrogens (tertiary/aromatic N) is 1. The van der Waals surface area contributed by atoms with Gasteiger partial charge < -0.3 is 33.7 Å². The third-order valence-corrected chi connectivity index (χ3v) is 2.88. The van der Waals surface area contributed by atoms with Gasteiger partial charge in [-0.1, -0.05) is 6.92 Å². The third kappa shape index (κ3) is 17.8. The van der Waals surface area contributed by atoms with Gasteiger partial charge in [-0.15, -0.1) is 0 Å². The number of likely N-dealkylation sites (N-methyl/N-ethyl adjacent to an activating group) is 1. The molecule has 0 aromatic rings. The molecule has 134 valence electrons. The summed E-state index contributed by atoms with van der Waals surface area (Å²) >= 11 is 0.